The first-order valence-electron chi connectivity index (χ1n) is 12.1. The lowest BCUT2D eigenvalue weighted by Crippen LogP contribution is -2.32. The molecule has 2 atom stereocenters. The summed E-state index contributed by atoms with van der Waals surface area (Å²) < 4.78 is 7.38. The molecule has 1 saturated heterocycles. The highest BCUT2D eigenvalue weighted by Gasteiger charge is 2.41. The maximum absolute atomic E-state index is 12.9. The minimum atomic E-state index is -0.250. The van der Waals surface area contributed by atoms with Crippen LogP contribution in [0, 0.1) is 13.8 Å². The number of aromatic nitrogens is 1. The molecule has 3 heterocycles. The highest BCUT2D eigenvalue weighted by Crippen LogP contribution is 2.40. The Kier molecular flexibility index (Phi) is 7.39. The lowest BCUT2D eigenvalue weighted by molar-refractivity contribution is -0.116. The average molecular weight is 576 g/mol. The van der Waals surface area contributed by atoms with E-state index in [1.165, 1.54) is 0 Å². The molecule has 188 valence electrons. The fraction of sp³-hybridized carbons (Fsp3) is 0.207. The van der Waals surface area contributed by atoms with Crippen molar-refractivity contribution in [3.8, 4) is 11.3 Å². The van der Waals surface area contributed by atoms with Crippen molar-refractivity contribution in [3.63, 3.8) is 0 Å². The Morgan fingerprint density at radius 2 is 1.92 bits per heavy atom. The van der Waals surface area contributed by atoms with Gasteiger partial charge in [0.05, 0.1) is 11.7 Å². The number of carbonyl (C=O) groups is 1. The molecular weight excluding hydrogens is 548 g/mol. The van der Waals surface area contributed by atoms with Crippen LogP contribution >= 0.6 is 28.1 Å². The third-order valence-corrected chi connectivity index (χ3v) is 7.37. The van der Waals surface area contributed by atoms with Crippen molar-refractivity contribution >= 4 is 44.9 Å². The van der Waals surface area contributed by atoms with Crippen molar-refractivity contribution in [1.82, 2.24) is 15.2 Å². The van der Waals surface area contributed by atoms with Gasteiger partial charge in [-0.2, -0.15) is 0 Å². The monoisotopic (exact) mass is 574 g/mol. The number of hydrogen-bond acceptors (Lipinski definition) is 4. The smallest absolute Gasteiger partial charge is 0.226 e. The molecule has 4 aromatic rings. The van der Waals surface area contributed by atoms with Gasteiger partial charge in [-0.05, 0) is 79.7 Å². The molecule has 1 aliphatic heterocycles. The molecule has 1 fully saturated rings. The number of thiocarbonyl (C=S) groups is 1. The van der Waals surface area contributed by atoms with E-state index in [1.54, 1.807) is 6.20 Å². The van der Waals surface area contributed by atoms with Gasteiger partial charge in [-0.3, -0.25) is 9.78 Å². The Bertz CT molecular complexity index is 1420. The predicted molar refractivity (Wildman–Crippen MR) is 153 cm³/mol. The summed E-state index contributed by atoms with van der Waals surface area (Å²) in [5.74, 6) is 1.47. The van der Waals surface area contributed by atoms with Crippen molar-refractivity contribution < 1.29 is 9.21 Å². The van der Waals surface area contributed by atoms with Crippen LogP contribution in [-0.2, 0) is 4.79 Å². The number of anilines is 1. The molecule has 0 unspecified atom stereocenters. The summed E-state index contributed by atoms with van der Waals surface area (Å²) in [7, 11) is 0. The average Bonchev–Trinajstić information content (AvgIpc) is 3.50. The molecule has 6 nitrogen and oxygen atoms in total. The third-order valence-electron chi connectivity index (χ3n) is 6.49. The maximum atomic E-state index is 12.9. The number of pyridine rings is 1. The number of aryl methyl sites for hydroxylation is 2. The number of hydrogen-bond donors (Lipinski definition) is 2. The van der Waals surface area contributed by atoms with E-state index < -0.39 is 0 Å². The molecule has 2 aromatic carbocycles. The quantitative estimate of drug-likeness (QED) is 0.239. The van der Waals surface area contributed by atoms with Crippen LogP contribution < -0.4 is 10.6 Å². The van der Waals surface area contributed by atoms with Crippen molar-refractivity contribution in [1.29, 1.82) is 0 Å². The van der Waals surface area contributed by atoms with Gasteiger partial charge < -0.3 is 20.0 Å². The van der Waals surface area contributed by atoms with Crippen molar-refractivity contribution in [2.75, 3.05) is 11.9 Å². The summed E-state index contributed by atoms with van der Waals surface area (Å²) in [5.41, 5.74) is 4.81. The first kappa shape index (κ1) is 25.2. The number of carbonyl (C=O) groups excluding carboxylic acids is 1. The van der Waals surface area contributed by atoms with E-state index in [0.717, 1.165) is 44.1 Å². The van der Waals surface area contributed by atoms with Gasteiger partial charge in [0.25, 0.3) is 0 Å². The summed E-state index contributed by atoms with van der Waals surface area (Å²) in [5, 5.41) is 7.03. The first-order valence-corrected chi connectivity index (χ1v) is 13.3. The van der Waals surface area contributed by atoms with Crippen LogP contribution in [0.3, 0.4) is 0 Å². The normalized spacial score (nSPS) is 17.1. The van der Waals surface area contributed by atoms with Crippen LogP contribution in [0.2, 0.25) is 0 Å². The largest absolute Gasteiger partial charge is 0.459 e. The van der Waals surface area contributed by atoms with E-state index >= 15 is 0 Å². The van der Waals surface area contributed by atoms with Crippen LogP contribution in [0.4, 0.5) is 5.69 Å². The summed E-state index contributed by atoms with van der Waals surface area (Å²) >= 11 is 9.22. The van der Waals surface area contributed by atoms with Gasteiger partial charge in [-0.15, -0.1) is 0 Å². The molecule has 8 heteroatoms. The molecular formula is C29H27BrN4O2S. The number of halogens is 1. The van der Waals surface area contributed by atoms with E-state index in [0.29, 0.717) is 11.7 Å². The molecule has 0 spiro atoms. The highest BCUT2D eigenvalue weighted by atomic mass is 79.9. The summed E-state index contributed by atoms with van der Waals surface area (Å²) in [6.45, 7) is 4.44. The number of benzene rings is 2. The molecule has 0 radical (unpaired) electrons. The number of rotatable bonds is 7. The highest BCUT2D eigenvalue weighted by molar-refractivity contribution is 9.10. The number of nitrogens with zero attached hydrogens (tertiary/aromatic N) is 2. The third kappa shape index (κ3) is 5.60. The molecule has 0 bridgehead atoms. The van der Waals surface area contributed by atoms with Crippen LogP contribution in [0.15, 0.2) is 87.9 Å². The van der Waals surface area contributed by atoms with E-state index in [9.17, 15) is 4.79 Å². The Balaban J connectivity index is 1.39. The van der Waals surface area contributed by atoms with Gasteiger partial charge in [0.1, 0.15) is 17.6 Å². The second kappa shape index (κ2) is 10.9. The van der Waals surface area contributed by atoms with Gasteiger partial charge in [-0.25, -0.2) is 0 Å². The fourth-order valence-electron chi connectivity index (χ4n) is 4.54. The molecule has 1 amide bonds. The fourth-order valence-corrected chi connectivity index (χ4v) is 5.14. The van der Waals surface area contributed by atoms with Crippen molar-refractivity contribution in [2.45, 2.75) is 32.4 Å². The van der Waals surface area contributed by atoms with Gasteiger partial charge >= 0.3 is 0 Å². The molecule has 2 N–H and O–H groups in total. The summed E-state index contributed by atoms with van der Waals surface area (Å²) in [6.07, 6.45) is 2.05. The molecule has 1 aliphatic rings. The van der Waals surface area contributed by atoms with Gasteiger partial charge in [-0.1, -0.05) is 46.3 Å². The Labute approximate surface area is 230 Å². The lowest BCUT2D eigenvalue weighted by Gasteiger charge is -2.26. The molecule has 0 aliphatic carbocycles. The minimum Gasteiger partial charge on any atom is -0.459 e. The molecule has 5 rings (SSSR count). The Morgan fingerprint density at radius 1 is 1.11 bits per heavy atom. The topological polar surface area (TPSA) is 70.4 Å². The molecule has 37 heavy (non-hydrogen) atoms. The minimum absolute atomic E-state index is 0.0634. The number of amides is 1. The first-order chi connectivity index (χ1) is 17.9. The Hall–Kier alpha value is -3.49. The Morgan fingerprint density at radius 3 is 2.68 bits per heavy atom. The van der Waals surface area contributed by atoms with Gasteiger partial charge in [0, 0.05) is 34.9 Å². The SMILES string of the molecule is Cc1ccc(C)c(NC(=O)CCN2C(=S)N[C@@H](c3ccccn3)[C@H]2c2ccc(-c3ccc(Br)cc3)o2)c1. The standard InChI is InChI=1S/C29H27BrN4O2S/c1-18-6-7-19(2)23(17-18)32-26(35)14-16-34-28(27(33-29(34)37)22-5-3-4-15-31-22)25-13-12-24(36-25)20-8-10-21(30)11-9-20/h3-13,15,17,27-28H,14,16H2,1-2H3,(H,32,35)(H,33,37)/t27-,28+/m0/s1. The molecule has 2 aromatic heterocycles. The van der Waals surface area contributed by atoms with E-state index in [4.69, 9.17) is 16.6 Å². The van der Waals surface area contributed by atoms with E-state index in [2.05, 4.69) is 31.5 Å². The van der Waals surface area contributed by atoms with Crippen LogP contribution in [0.1, 0.15) is 41.1 Å². The summed E-state index contributed by atoms with van der Waals surface area (Å²) in [6, 6.07) is 23.3. The van der Waals surface area contributed by atoms with Gasteiger partial charge in [0.15, 0.2) is 5.11 Å². The van der Waals surface area contributed by atoms with E-state index in [1.807, 2.05) is 91.5 Å². The number of nitrogens with one attached hydrogen (secondary N) is 2. The van der Waals surface area contributed by atoms with Crippen LogP contribution in [0.25, 0.3) is 11.3 Å². The van der Waals surface area contributed by atoms with Crippen molar-refractivity contribution in [3.05, 3.63) is 106 Å². The van der Waals surface area contributed by atoms with Crippen LogP contribution in [-0.4, -0.2) is 27.4 Å². The number of furan rings is 1. The second-order valence-electron chi connectivity index (χ2n) is 9.15. The van der Waals surface area contributed by atoms with E-state index in [-0.39, 0.29) is 24.4 Å². The zero-order valence-corrected chi connectivity index (χ0v) is 23.0. The van der Waals surface area contributed by atoms with Crippen molar-refractivity contribution in [2.24, 2.45) is 0 Å². The summed E-state index contributed by atoms with van der Waals surface area (Å²) in [4.78, 5) is 19.5. The van der Waals surface area contributed by atoms with Gasteiger partial charge in [0.2, 0.25) is 5.91 Å². The second-order valence-corrected chi connectivity index (χ2v) is 10.4. The predicted octanol–water partition coefficient (Wildman–Crippen LogP) is 6.72. The lowest BCUT2D eigenvalue weighted by atomic mass is 10.0. The maximum Gasteiger partial charge on any atom is 0.226 e. The zero-order valence-electron chi connectivity index (χ0n) is 20.6. The molecule has 0 saturated carbocycles. The van der Waals surface area contributed by atoms with Crippen LogP contribution in [0.5, 0.6) is 0 Å². The zero-order chi connectivity index (χ0) is 25.9.